The number of anilines is 1. The molecule has 0 aromatic carbocycles. The van der Waals surface area contributed by atoms with Gasteiger partial charge < -0.3 is 19.4 Å². The maximum atomic E-state index is 13.6. The fourth-order valence-electron chi connectivity index (χ4n) is 4.60. The second-order valence-electron chi connectivity index (χ2n) is 8.45. The zero-order valence-corrected chi connectivity index (χ0v) is 19.5. The summed E-state index contributed by atoms with van der Waals surface area (Å²) in [5.74, 6) is 1.15. The molecular formula is C22H25N7O4S. The summed E-state index contributed by atoms with van der Waals surface area (Å²) in [5, 5.41) is 1.56. The molecule has 0 amide bonds. The van der Waals surface area contributed by atoms with Gasteiger partial charge in [0.1, 0.15) is 11.5 Å². The van der Waals surface area contributed by atoms with Crippen LogP contribution in [-0.4, -0.2) is 88.7 Å². The highest BCUT2D eigenvalue weighted by Crippen LogP contribution is 2.33. The number of pyridine rings is 1. The van der Waals surface area contributed by atoms with Gasteiger partial charge in [0, 0.05) is 49.2 Å². The third-order valence-electron chi connectivity index (χ3n) is 6.38. The highest BCUT2D eigenvalue weighted by molar-refractivity contribution is 7.87. The molecule has 12 heteroatoms. The normalized spacial score (nSPS) is 20.4. The molecule has 2 fully saturated rings. The van der Waals surface area contributed by atoms with Crippen LogP contribution in [-0.2, 0) is 19.7 Å². The number of nitrogens with one attached hydrogen (secondary N) is 1. The quantitative estimate of drug-likeness (QED) is 0.465. The smallest absolute Gasteiger partial charge is 0.309 e. The van der Waals surface area contributed by atoms with Gasteiger partial charge in [0.15, 0.2) is 11.5 Å². The van der Waals surface area contributed by atoms with E-state index in [1.54, 1.807) is 18.5 Å². The van der Waals surface area contributed by atoms with Gasteiger partial charge in [0.2, 0.25) is 0 Å². The summed E-state index contributed by atoms with van der Waals surface area (Å²) in [4.78, 5) is 19.4. The van der Waals surface area contributed by atoms with E-state index in [4.69, 9.17) is 19.4 Å². The van der Waals surface area contributed by atoms with Crippen LogP contribution in [0.5, 0.6) is 0 Å². The van der Waals surface area contributed by atoms with Gasteiger partial charge in [-0.25, -0.2) is 18.9 Å². The first-order chi connectivity index (χ1) is 16.5. The fraction of sp³-hybridized carbons (Fsp3) is 0.409. The van der Waals surface area contributed by atoms with Crippen LogP contribution in [0.2, 0.25) is 0 Å². The lowest BCUT2D eigenvalue weighted by molar-refractivity contribution is 0.0726. The Labute approximate surface area is 196 Å². The molecule has 2 saturated heterocycles. The molecule has 1 atom stereocenters. The Morgan fingerprint density at radius 3 is 2.68 bits per heavy atom. The van der Waals surface area contributed by atoms with Crippen molar-refractivity contribution >= 4 is 38.1 Å². The summed E-state index contributed by atoms with van der Waals surface area (Å²) in [7, 11) is -3.82. The number of ether oxygens (including phenoxy) is 2. The number of morpholine rings is 2. The van der Waals surface area contributed by atoms with Crippen LogP contribution in [0, 0.1) is 0 Å². The van der Waals surface area contributed by atoms with E-state index >= 15 is 0 Å². The molecular weight excluding hydrogens is 458 g/mol. The van der Waals surface area contributed by atoms with E-state index in [1.807, 2.05) is 18.3 Å². The monoisotopic (exact) mass is 483 g/mol. The summed E-state index contributed by atoms with van der Waals surface area (Å²) >= 11 is 0. The maximum absolute atomic E-state index is 13.6. The first-order valence-electron chi connectivity index (χ1n) is 11.3. The molecule has 2 aliphatic heterocycles. The summed E-state index contributed by atoms with van der Waals surface area (Å²) in [6, 6.07) is 5.65. The second kappa shape index (κ2) is 8.31. The van der Waals surface area contributed by atoms with Crippen molar-refractivity contribution in [2.45, 2.75) is 13.0 Å². The lowest BCUT2D eigenvalue weighted by Crippen LogP contribution is -2.44. The Balaban J connectivity index is 1.58. The van der Waals surface area contributed by atoms with Gasteiger partial charge in [-0.05, 0) is 25.1 Å². The first kappa shape index (κ1) is 21.5. The van der Waals surface area contributed by atoms with Crippen LogP contribution in [0.15, 0.2) is 36.8 Å². The summed E-state index contributed by atoms with van der Waals surface area (Å²) in [6.07, 6.45) is 5.08. The number of nitrogens with zero attached hydrogens (tertiary/aromatic N) is 6. The van der Waals surface area contributed by atoms with Crippen molar-refractivity contribution in [1.29, 1.82) is 0 Å². The van der Waals surface area contributed by atoms with Gasteiger partial charge in [0.25, 0.3) is 0 Å². The van der Waals surface area contributed by atoms with E-state index in [0.29, 0.717) is 68.7 Å². The van der Waals surface area contributed by atoms with Gasteiger partial charge in [0.05, 0.1) is 37.9 Å². The lowest BCUT2D eigenvalue weighted by atomic mass is 10.1. The van der Waals surface area contributed by atoms with Crippen molar-refractivity contribution in [2.24, 2.45) is 0 Å². The van der Waals surface area contributed by atoms with E-state index in [0.717, 1.165) is 16.6 Å². The molecule has 1 N–H and O–H groups in total. The minimum absolute atomic E-state index is 0.0867. The average Bonchev–Trinajstić information content (AvgIpc) is 3.52. The molecule has 0 radical (unpaired) electrons. The van der Waals surface area contributed by atoms with Crippen LogP contribution >= 0.6 is 0 Å². The second-order valence-corrected chi connectivity index (χ2v) is 10.3. The topological polar surface area (TPSA) is 118 Å². The van der Waals surface area contributed by atoms with Crippen molar-refractivity contribution < 1.29 is 17.9 Å². The Bertz CT molecular complexity index is 1460. The number of hydrogen-bond acceptors (Lipinski definition) is 8. The van der Waals surface area contributed by atoms with Crippen LogP contribution in [0.1, 0.15) is 6.92 Å². The van der Waals surface area contributed by atoms with Crippen molar-refractivity contribution in [3.05, 3.63) is 36.8 Å². The molecule has 0 aliphatic carbocycles. The molecule has 0 saturated carbocycles. The Morgan fingerprint density at radius 2 is 1.85 bits per heavy atom. The number of rotatable bonds is 4. The molecule has 2 aliphatic rings. The summed E-state index contributed by atoms with van der Waals surface area (Å²) in [6.45, 7) is 5.24. The van der Waals surface area contributed by atoms with Gasteiger partial charge >= 0.3 is 10.2 Å². The van der Waals surface area contributed by atoms with Gasteiger partial charge in [-0.1, -0.05) is 0 Å². The minimum Gasteiger partial charge on any atom is -0.379 e. The Hall–Kier alpha value is -3.06. The Kier molecular flexibility index (Phi) is 5.25. The van der Waals surface area contributed by atoms with Gasteiger partial charge in [-0.3, -0.25) is 0 Å². The number of aromatic nitrogens is 5. The molecule has 0 spiro atoms. The van der Waals surface area contributed by atoms with Crippen molar-refractivity contribution in [1.82, 2.24) is 28.2 Å². The van der Waals surface area contributed by atoms with Crippen LogP contribution < -0.4 is 4.90 Å². The molecule has 0 unspecified atom stereocenters. The Morgan fingerprint density at radius 1 is 1.03 bits per heavy atom. The predicted molar refractivity (Wildman–Crippen MR) is 127 cm³/mol. The number of aromatic amines is 1. The summed E-state index contributed by atoms with van der Waals surface area (Å²) < 4.78 is 40.8. The maximum Gasteiger partial charge on any atom is 0.309 e. The first-order valence-corrected chi connectivity index (χ1v) is 12.7. The number of fused-ring (bicyclic) bond motifs is 2. The van der Waals surface area contributed by atoms with E-state index in [1.165, 1.54) is 8.28 Å². The SMILES string of the molecule is C[C@@H]1COCCN1c1nc(-c2ccnc3[nH]ccc23)nc2c1ccn2S(=O)(=O)N1CCOCC1. The highest BCUT2D eigenvalue weighted by Gasteiger charge is 2.30. The molecule has 11 nitrogen and oxygen atoms in total. The third kappa shape index (κ3) is 3.45. The molecule has 4 aromatic rings. The van der Waals surface area contributed by atoms with Crippen LogP contribution in [0.3, 0.4) is 0 Å². The highest BCUT2D eigenvalue weighted by atomic mass is 32.2. The molecule has 4 aromatic heterocycles. The molecule has 178 valence electrons. The number of H-pyrrole nitrogens is 1. The van der Waals surface area contributed by atoms with Gasteiger partial charge in [-0.15, -0.1) is 0 Å². The van der Waals surface area contributed by atoms with Crippen molar-refractivity contribution in [3.63, 3.8) is 0 Å². The molecule has 0 bridgehead atoms. The molecule has 6 heterocycles. The fourth-order valence-corrected chi connectivity index (χ4v) is 6.03. The standard InChI is InChI=1S/C22H25N7O4S/c1-15-14-33-13-10-28(15)21-18-4-7-29(34(30,31)27-8-11-32-12-9-27)22(18)26-20(25-21)17-3-6-24-19-16(17)2-5-23-19/h2-7,15H,8-14H2,1H3,(H,23,24)/t15-/m1/s1. The third-order valence-corrected chi connectivity index (χ3v) is 8.19. The zero-order valence-electron chi connectivity index (χ0n) is 18.7. The van der Waals surface area contributed by atoms with E-state index in [-0.39, 0.29) is 6.04 Å². The predicted octanol–water partition coefficient (Wildman–Crippen LogP) is 1.62. The largest absolute Gasteiger partial charge is 0.379 e. The minimum atomic E-state index is -3.82. The van der Waals surface area contributed by atoms with E-state index in [2.05, 4.69) is 21.8 Å². The molecule has 6 rings (SSSR count). The number of hydrogen-bond donors (Lipinski definition) is 1. The van der Waals surface area contributed by atoms with Crippen LogP contribution in [0.4, 0.5) is 5.82 Å². The van der Waals surface area contributed by atoms with Crippen molar-refractivity contribution in [2.75, 3.05) is 51.0 Å². The molecule has 34 heavy (non-hydrogen) atoms. The van der Waals surface area contributed by atoms with Crippen LogP contribution in [0.25, 0.3) is 33.5 Å². The average molecular weight is 484 g/mol. The summed E-state index contributed by atoms with van der Waals surface area (Å²) in [5.41, 5.74) is 1.86. The van der Waals surface area contributed by atoms with Crippen molar-refractivity contribution in [3.8, 4) is 11.4 Å². The van der Waals surface area contributed by atoms with E-state index in [9.17, 15) is 8.42 Å². The lowest BCUT2D eigenvalue weighted by Gasteiger charge is -2.34. The van der Waals surface area contributed by atoms with Gasteiger partial charge in [-0.2, -0.15) is 12.7 Å². The van der Waals surface area contributed by atoms with E-state index < -0.39 is 10.2 Å². The zero-order chi connectivity index (χ0) is 23.3.